The van der Waals surface area contributed by atoms with Gasteiger partial charge in [-0.2, -0.15) is 5.26 Å². The minimum absolute atomic E-state index is 0.397. The number of nitrogens with zero attached hydrogens (tertiary/aromatic N) is 1. The number of esters is 1. The Kier molecular flexibility index (Phi) is 4.97. The van der Waals surface area contributed by atoms with E-state index in [-0.39, 0.29) is 0 Å². The van der Waals surface area contributed by atoms with Crippen molar-refractivity contribution in [3.63, 3.8) is 0 Å². The van der Waals surface area contributed by atoms with E-state index in [9.17, 15) is 14.3 Å². The summed E-state index contributed by atoms with van der Waals surface area (Å²) in [5, 5.41) is 9.50. The lowest BCUT2D eigenvalue weighted by molar-refractivity contribution is -0.144. The summed E-state index contributed by atoms with van der Waals surface area (Å²) in [5.74, 6) is -0.673. The third-order valence-corrected chi connectivity index (χ3v) is 5.13. The fourth-order valence-electron chi connectivity index (χ4n) is 2.25. The Bertz CT molecular complexity index is 793. The molecule has 0 radical (unpaired) electrons. The highest BCUT2D eigenvalue weighted by Gasteiger charge is 2.39. The fraction of sp³-hybridized carbons (Fsp3) is 0.222. The van der Waals surface area contributed by atoms with Crippen molar-refractivity contribution in [2.24, 2.45) is 0 Å². The average molecular weight is 327 g/mol. The van der Waals surface area contributed by atoms with Gasteiger partial charge in [0, 0.05) is 9.79 Å². The molecule has 2 aromatic carbocycles. The van der Waals surface area contributed by atoms with E-state index < -0.39 is 22.2 Å². The fourth-order valence-corrected chi connectivity index (χ4v) is 3.56. The van der Waals surface area contributed by atoms with E-state index >= 15 is 0 Å². The van der Waals surface area contributed by atoms with Crippen LogP contribution in [-0.4, -0.2) is 17.3 Å². The maximum absolute atomic E-state index is 12.9. The molecule has 1 unspecified atom stereocenters. The number of carbonyl (C=O) groups is 1. The van der Waals surface area contributed by atoms with Crippen molar-refractivity contribution in [1.29, 1.82) is 5.26 Å². The zero-order valence-electron chi connectivity index (χ0n) is 13.2. The second-order valence-electron chi connectivity index (χ2n) is 5.31. The van der Waals surface area contributed by atoms with Crippen LogP contribution in [0.2, 0.25) is 0 Å². The molecule has 0 bridgehead atoms. The molecule has 2 aromatic rings. The van der Waals surface area contributed by atoms with Gasteiger partial charge in [0.2, 0.25) is 0 Å². The average Bonchev–Trinajstić information content (AvgIpc) is 2.60. The van der Waals surface area contributed by atoms with Gasteiger partial charge in [-0.05, 0) is 37.6 Å². The molecule has 0 aromatic heterocycles. The molecule has 0 aliphatic rings. The van der Waals surface area contributed by atoms with Crippen LogP contribution < -0.4 is 0 Å². The van der Waals surface area contributed by atoms with E-state index in [0.717, 1.165) is 5.56 Å². The van der Waals surface area contributed by atoms with E-state index in [1.165, 1.54) is 14.0 Å². The van der Waals surface area contributed by atoms with E-state index in [1.807, 2.05) is 25.1 Å². The normalized spacial score (nSPS) is 14.3. The number of aryl methyl sites for hydroxylation is 1. The number of hydrogen-bond acceptors (Lipinski definition) is 4. The molecule has 0 saturated heterocycles. The Morgan fingerprint density at radius 1 is 1.17 bits per heavy atom. The lowest BCUT2D eigenvalue weighted by atomic mass is 9.84. The van der Waals surface area contributed by atoms with Crippen LogP contribution in [0.1, 0.15) is 18.1 Å². The van der Waals surface area contributed by atoms with Crippen molar-refractivity contribution in [2.75, 3.05) is 7.11 Å². The number of methoxy groups -OCH3 is 1. The van der Waals surface area contributed by atoms with Gasteiger partial charge in [-0.3, -0.25) is 0 Å². The predicted molar refractivity (Wildman–Crippen MR) is 87.3 cm³/mol. The highest BCUT2D eigenvalue weighted by molar-refractivity contribution is 7.85. The summed E-state index contributed by atoms with van der Waals surface area (Å²) in [5.41, 5.74) is -0.0465. The van der Waals surface area contributed by atoms with Crippen LogP contribution in [0.3, 0.4) is 0 Å². The Labute approximate surface area is 138 Å². The third kappa shape index (κ3) is 3.17. The van der Waals surface area contributed by atoms with Gasteiger partial charge in [-0.15, -0.1) is 0 Å². The largest absolute Gasteiger partial charge is 0.468 e. The summed E-state index contributed by atoms with van der Waals surface area (Å²) < 4.78 is 17.7. The van der Waals surface area contributed by atoms with Gasteiger partial charge in [0.05, 0.1) is 24.0 Å². The molecule has 23 heavy (non-hydrogen) atoms. The van der Waals surface area contributed by atoms with Crippen molar-refractivity contribution in [3.8, 4) is 6.07 Å². The van der Waals surface area contributed by atoms with E-state index in [0.29, 0.717) is 15.4 Å². The predicted octanol–water partition coefficient (Wildman–Crippen LogP) is 3.12. The SMILES string of the molecule is COC(=O)[C@@](C)(C#N)c1ccccc1S(=O)c1ccc(C)cc1. The van der Waals surface area contributed by atoms with Crippen LogP contribution in [0.4, 0.5) is 0 Å². The molecule has 2 rings (SSSR count). The standard InChI is InChI=1S/C18H17NO3S/c1-13-8-10-14(11-9-13)23(21)16-7-5-4-6-15(16)18(2,12-19)17(20)22-3/h4-11H,1-3H3/t18-,23?/m0/s1. The van der Waals surface area contributed by atoms with E-state index in [4.69, 9.17) is 4.74 Å². The summed E-state index contributed by atoms with van der Waals surface area (Å²) >= 11 is 0. The molecule has 0 aliphatic heterocycles. The minimum Gasteiger partial charge on any atom is -0.468 e. The number of ether oxygens (including phenoxy) is 1. The van der Waals surface area contributed by atoms with E-state index in [1.54, 1.807) is 36.4 Å². The van der Waals surface area contributed by atoms with Gasteiger partial charge >= 0.3 is 5.97 Å². The lowest BCUT2D eigenvalue weighted by Gasteiger charge is -2.21. The Morgan fingerprint density at radius 3 is 2.35 bits per heavy atom. The molecular weight excluding hydrogens is 310 g/mol. The second-order valence-corrected chi connectivity index (χ2v) is 6.76. The third-order valence-electron chi connectivity index (χ3n) is 3.68. The maximum Gasteiger partial charge on any atom is 0.330 e. The summed E-state index contributed by atoms with van der Waals surface area (Å²) in [7, 11) is -0.259. The number of carbonyl (C=O) groups excluding carboxylic acids is 1. The van der Waals surface area contributed by atoms with E-state index in [2.05, 4.69) is 0 Å². The molecule has 0 fully saturated rings. The smallest absolute Gasteiger partial charge is 0.330 e. The minimum atomic E-state index is -1.51. The van der Waals surface area contributed by atoms with Crippen LogP contribution in [0, 0.1) is 18.3 Å². The number of rotatable bonds is 4. The van der Waals surface area contributed by atoms with Crippen molar-refractivity contribution in [3.05, 3.63) is 59.7 Å². The molecular formula is C18H17NO3S. The van der Waals surface area contributed by atoms with Gasteiger partial charge in [-0.25, -0.2) is 9.00 Å². The number of benzene rings is 2. The van der Waals surface area contributed by atoms with Crippen molar-refractivity contribution < 1.29 is 13.7 Å². The second kappa shape index (κ2) is 6.76. The number of hydrogen-bond donors (Lipinski definition) is 0. The maximum atomic E-state index is 12.9. The topological polar surface area (TPSA) is 67.2 Å². The highest BCUT2D eigenvalue weighted by atomic mass is 32.2. The van der Waals surface area contributed by atoms with Gasteiger partial charge in [0.1, 0.15) is 0 Å². The highest BCUT2D eigenvalue weighted by Crippen LogP contribution is 2.31. The molecule has 0 saturated carbocycles. The molecule has 0 N–H and O–H groups in total. The molecule has 5 heteroatoms. The molecule has 0 amide bonds. The van der Waals surface area contributed by atoms with Gasteiger partial charge in [0.25, 0.3) is 0 Å². The first kappa shape index (κ1) is 16.9. The molecule has 2 atom stereocenters. The number of nitriles is 1. The van der Waals surface area contributed by atoms with Crippen molar-refractivity contribution in [1.82, 2.24) is 0 Å². The van der Waals surface area contributed by atoms with Crippen molar-refractivity contribution >= 4 is 16.8 Å². The Morgan fingerprint density at radius 2 is 1.78 bits per heavy atom. The van der Waals surface area contributed by atoms with Crippen LogP contribution in [-0.2, 0) is 25.7 Å². The summed E-state index contributed by atoms with van der Waals surface area (Å²) in [6.07, 6.45) is 0. The molecule has 0 aliphatic carbocycles. The first-order chi connectivity index (χ1) is 10.9. The first-order valence-electron chi connectivity index (χ1n) is 7.01. The zero-order chi connectivity index (χ0) is 17.0. The van der Waals surface area contributed by atoms with Gasteiger partial charge in [0.15, 0.2) is 5.41 Å². The summed E-state index contributed by atoms with van der Waals surface area (Å²) in [4.78, 5) is 13.1. The van der Waals surface area contributed by atoms with Gasteiger partial charge in [-0.1, -0.05) is 35.9 Å². The first-order valence-corrected chi connectivity index (χ1v) is 8.16. The van der Waals surface area contributed by atoms with Crippen LogP contribution in [0.25, 0.3) is 0 Å². The Balaban J connectivity index is 2.58. The van der Waals surface area contributed by atoms with Crippen LogP contribution in [0.5, 0.6) is 0 Å². The van der Waals surface area contributed by atoms with Crippen molar-refractivity contribution in [2.45, 2.75) is 29.1 Å². The zero-order valence-corrected chi connectivity index (χ0v) is 14.0. The monoisotopic (exact) mass is 327 g/mol. The molecule has 0 spiro atoms. The lowest BCUT2D eigenvalue weighted by Crippen LogP contribution is -2.33. The molecule has 4 nitrogen and oxygen atoms in total. The molecule has 118 valence electrons. The Hall–Kier alpha value is -2.45. The van der Waals surface area contributed by atoms with Crippen LogP contribution in [0.15, 0.2) is 58.3 Å². The van der Waals surface area contributed by atoms with Gasteiger partial charge < -0.3 is 4.74 Å². The quantitative estimate of drug-likeness (QED) is 0.809. The summed E-state index contributed by atoms with van der Waals surface area (Å²) in [6.45, 7) is 3.43. The van der Waals surface area contributed by atoms with Crippen LogP contribution >= 0.6 is 0 Å². The summed E-state index contributed by atoms with van der Waals surface area (Å²) in [6, 6.07) is 16.1. The molecule has 0 heterocycles.